The van der Waals surface area contributed by atoms with Crippen LogP contribution in [-0.2, 0) is 0 Å². The molecular formula is C15H15NOS. The summed E-state index contributed by atoms with van der Waals surface area (Å²) in [6.07, 6.45) is 2.02. The van der Waals surface area contributed by atoms with E-state index in [1.807, 2.05) is 61.7 Å². The first kappa shape index (κ1) is 12.7. The predicted octanol–water partition coefficient (Wildman–Crippen LogP) is 3.97. The van der Waals surface area contributed by atoms with E-state index in [0.717, 1.165) is 16.1 Å². The lowest BCUT2D eigenvalue weighted by molar-refractivity contribution is 0.102. The summed E-state index contributed by atoms with van der Waals surface area (Å²) in [5, 5.41) is 2.89. The Morgan fingerprint density at radius 3 is 2.44 bits per heavy atom. The molecule has 0 radical (unpaired) electrons. The van der Waals surface area contributed by atoms with Gasteiger partial charge in [0.15, 0.2) is 0 Å². The van der Waals surface area contributed by atoms with E-state index in [1.165, 1.54) is 0 Å². The highest BCUT2D eigenvalue weighted by molar-refractivity contribution is 7.98. The van der Waals surface area contributed by atoms with Crippen LogP contribution in [0.15, 0.2) is 53.4 Å². The molecule has 0 spiro atoms. The highest BCUT2D eigenvalue weighted by Gasteiger charge is 2.05. The summed E-state index contributed by atoms with van der Waals surface area (Å²) in [6, 6.07) is 15.4. The summed E-state index contributed by atoms with van der Waals surface area (Å²) in [7, 11) is 0. The molecule has 0 atom stereocenters. The van der Waals surface area contributed by atoms with Crippen molar-refractivity contribution in [1.29, 1.82) is 0 Å². The van der Waals surface area contributed by atoms with Gasteiger partial charge in [-0.05, 0) is 55.1 Å². The quantitative estimate of drug-likeness (QED) is 0.843. The van der Waals surface area contributed by atoms with Gasteiger partial charge in [-0.1, -0.05) is 12.1 Å². The van der Waals surface area contributed by atoms with Crippen molar-refractivity contribution in [3.63, 3.8) is 0 Å². The zero-order valence-electron chi connectivity index (χ0n) is 10.4. The Balaban J connectivity index is 2.11. The van der Waals surface area contributed by atoms with E-state index in [-0.39, 0.29) is 5.91 Å². The Bertz CT molecular complexity index is 549. The minimum absolute atomic E-state index is 0.0757. The number of hydrogen-bond donors (Lipinski definition) is 1. The third-order valence-corrected chi connectivity index (χ3v) is 3.37. The molecule has 18 heavy (non-hydrogen) atoms. The Labute approximate surface area is 111 Å². The lowest BCUT2D eigenvalue weighted by Gasteiger charge is -2.06. The van der Waals surface area contributed by atoms with Gasteiger partial charge in [-0.3, -0.25) is 4.79 Å². The van der Waals surface area contributed by atoms with Crippen molar-refractivity contribution in [2.24, 2.45) is 0 Å². The first-order chi connectivity index (χ1) is 8.69. The number of hydrogen-bond acceptors (Lipinski definition) is 2. The van der Waals surface area contributed by atoms with E-state index in [9.17, 15) is 4.79 Å². The average molecular weight is 257 g/mol. The number of amides is 1. The third-order valence-electron chi connectivity index (χ3n) is 2.63. The van der Waals surface area contributed by atoms with Crippen molar-refractivity contribution in [2.75, 3.05) is 11.6 Å². The monoisotopic (exact) mass is 257 g/mol. The molecule has 2 aromatic carbocycles. The van der Waals surface area contributed by atoms with Gasteiger partial charge < -0.3 is 5.32 Å². The van der Waals surface area contributed by atoms with Crippen LogP contribution >= 0.6 is 11.8 Å². The molecule has 2 rings (SSSR count). The zero-order chi connectivity index (χ0) is 13.0. The Hall–Kier alpha value is -1.74. The number of nitrogens with one attached hydrogen (secondary N) is 1. The predicted molar refractivity (Wildman–Crippen MR) is 77.4 cm³/mol. The summed E-state index contributed by atoms with van der Waals surface area (Å²) in [5.74, 6) is -0.0757. The molecule has 2 nitrogen and oxygen atoms in total. The van der Waals surface area contributed by atoms with E-state index in [2.05, 4.69) is 5.32 Å². The summed E-state index contributed by atoms with van der Waals surface area (Å²) < 4.78 is 0. The molecule has 1 amide bonds. The van der Waals surface area contributed by atoms with Gasteiger partial charge in [-0.15, -0.1) is 11.8 Å². The smallest absolute Gasteiger partial charge is 0.255 e. The van der Waals surface area contributed by atoms with E-state index >= 15 is 0 Å². The minimum atomic E-state index is -0.0757. The molecule has 0 fully saturated rings. The number of thioether (sulfide) groups is 1. The van der Waals surface area contributed by atoms with E-state index in [1.54, 1.807) is 11.8 Å². The number of aryl methyl sites for hydroxylation is 1. The van der Waals surface area contributed by atoms with Crippen LogP contribution in [0, 0.1) is 6.92 Å². The number of anilines is 1. The average Bonchev–Trinajstić information content (AvgIpc) is 2.39. The SMILES string of the molecule is CSc1ccc(C(=O)Nc2cccc(C)c2)cc1. The highest BCUT2D eigenvalue weighted by atomic mass is 32.2. The van der Waals surface area contributed by atoms with Gasteiger partial charge in [0.25, 0.3) is 5.91 Å². The van der Waals surface area contributed by atoms with Crippen molar-refractivity contribution in [3.8, 4) is 0 Å². The van der Waals surface area contributed by atoms with Crippen molar-refractivity contribution in [2.45, 2.75) is 11.8 Å². The zero-order valence-corrected chi connectivity index (χ0v) is 11.3. The van der Waals surface area contributed by atoms with E-state index in [0.29, 0.717) is 5.56 Å². The van der Waals surface area contributed by atoms with Gasteiger partial charge in [0.05, 0.1) is 0 Å². The van der Waals surface area contributed by atoms with Crippen molar-refractivity contribution in [3.05, 3.63) is 59.7 Å². The second kappa shape index (κ2) is 5.74. The molecule has 2 aromatic rings. The van der Waals surface area contributed by atoms with Crippen molar-refractivity contribution < 1.29 is 4.79 Å². The standard InChI is InChI=1S/C15H15NOS/c1-11-4-3-5-13(10-11)16-15(17)12-6-8-14(18-2)9-7-12/h3-10H,1-2H3,(H,16,17). The number of rotatable bonds is 3. The maximum atomic E-state index is 12.0. The Morgan fingerprint density at radius 1 is 1.11 bits per heavy atom. The fourth-order valence-electron chi connectivity index (χ4n) is 1.67. The van der Waals surface area contributed by atoms with Crippen LogP contribution in [-0.4, -0.2) is 12.2 Å². The topological polar surface area (TPSA) is 29.1 Å². The molecule has 3 heteroatoms. The Kier molecular flexibility index (Phi) is 4.05. The van der Waals surface area contributed by atoms with Crippen LogP contribution < -0.4 is 5.32 Å². The molecule has 0 unspecified atom stereocenters. The maximum Gasteiger partial charge on any atom is 0.255 e. The van der Waals surface area contributed by atoms with Gasteiger partial charge in [0, 0.05) is 16.1 Å². The highest BCUT2D eigenvalue weighted by Crippen LogP contribution is 2.16. The minimum Gasteiger partial charge on any atom is -0.322 e. The second-order valence-electron chi connectivity index (χ2n) is 4.05. The molecule has 0 aliphatic carbocycles. The molecule has 0 aromatic heterocycles. The number of carbonyl (C=O) groups is 1. The summed E-state index contributed by atoms with van der Waals surface area (Å²) in [6.45, 7) is 2.00. The maximum absolute atomic E-state index is 12.0. The molecule has 0 saturated heterocycles. The van der Waals surface area contributed by atoms with Crippen molar-refractivity contribution >= 4 is 23.4 Å². The molecular weight excluding hydrogens is 242 g/mol. The van der Waals surface area contributed by atoms with Crippen LogP contribution in [0.3, 0.4) is 0 Å². The van der Waals surface area contributed by atoms with Gasteiger partial charge in [-0.25, -0.2) is 0 Å². The summed E-state index contributed by atoms with van der Waals surface area (Å²) >= 11 is 1.66. The van der Waals surface area contributed by atoms with Crippen molar-refractivity contribution in [1.82, 2.24) is 0 Å². The van der Waals surface area contributed by atoms with Gasteiger partial charge >= 0.3 is 0 Å². The second-order valence-corrected chi connectivity index (χ2v) is 4.93. The van der Waals surface area contributed by atoms with Crippen LogP contribution in [0.2, 0.25) is 0 Å². The summed E-state index contributed by atoms with van der Waals surface area (Å²) in [4.78, 5) is 13.2. The van der Waals surface area contributed by atoms with Gasteiger partial charge in [0.1, 0.15) is 0 Å². The fraction of sp³-hybridized carbons (Fsp3) is 0.133. The third kappa shape index (κ3) is 3.14. The lowest BCUT2D eigenvalue weighted by atomic mass is 10.2. The molecule has 1 N–H and O–H groups in total. The molecule has 0 aliphatic heterocycles. The lowest BCUT2D eigenvalue weighted by Crippen LogP contribution is -2.11. The van der Waals surface area contributed by atoms with Gasteiger partial charge in [-0.2, -0.15) is 0 Å². The molecule has 92 valence electrons. The first-order valence-electron chi connectivity index (χ1n) is 5.71. The Morgan fingerprint density at radius 2 is 1.83 bits per heavy atom. The normalized spacial score (nSPS) is 10.1. The van der Waals surface area contributed by atoms with E-state index < -0.39 is 0 Å². The molecule has 0 saturated carbocycles. The van der Waals surface area contributed by atoms with Crippen LogP contribution in [0.5, 0.6) is 0 Å². The fourth-order valence-corrected chi connectivity index (χ4v) is 2.08. The number of carbonyl (C=O) groups excluding carboxylic acids is 1. The molecule has 0 aliphatic rings. The van der Waals surface area contributed by atoms with Gasteiger partial charge in [0.2, 0.25) is 0 Å². The largest absolute Gasteiger partial charge is 0.322 e. The molecule has 0 bridgehead atoms. The molecule has 0 heterocycles. The summed E-state index contributed by atoms with van der Waals surface area (Å²) in [5.41, 5.74) is 2.63. The van der Waals surface area contributed by atoms with Crippen LogP contribution in [0.4, 0.5) is 5.69 Å². The van der Waals surface area contributed by atoms with Crippen LogP contribution in [0.1, 0.15) is 15.9 Å². The number of benzene rings is 2. The first-order valence-corrected chi connectivity index (χ1v) is 6.93. The van der Waals surface area contributed by atoms with Crippen LogP contribution in [0.25, 0.3) is 0 Å². The van der Waals surface area contributed by atoms with E-state index in [4.69, 9.17) is 0 Å².